The molecule has 0 N–H and O–H groups in total. The Kier molecular flexibility index (Phi) is 21.6. The molecule has 0 aromatic rings. The Bertz CT molecular complexity index is 220. The number of hydrogen-bond acceptors (Lipinski definition) is 2. The molecule has 17 heavy (non-hydrogen) atoms. The highest BCUT2D eigenvalue weighted by Crippen LogP contribution is 2.02. The van der Waals surface area contributed by atoms with Crippen LogP contribution in [0.1, 0.15) is 48.0 Å². The van der Waals surface area contributed by atoms with Crippen LogP contribution in [0.15, 0.2) is 23.8 Å². The maximum atomic E-state index is 11.5. The Morgan fingerprint density at radius 3 is 2.00 bits per heavy atom. The van der Waals surface area contributed by atoms with Gasteiger partial charge >= 0.3 is 0 Å². The summed E-state index contributed by atoms with van der Waals surface area (Å²) < 4.78 is 0. The minimum atomic E-state index is -0.130. The lowest BCUT2D eigenvalue weighted by Crippen LogP contribution is -2.26. The fraction of sp³-hybridized carbons (Fsp3) is 0.643. The van der Waals surface area contributed by atoms with E-state index in [0.717, 1.165) is 6.42 Å². The van der Waals surface area contributed by atoms with Crippen LogP contribution in [-0.2, 0) is 9.63 Å². The molecular formula is C14H29NO2. The van der Waals surface area contributed by atoms with E-state index < -0.39 is 0 Å². The molecule has 0 radical (unpaired) electrons. The molecule has 1 amide bonds. The van der Waals surface area contributed by atoms with Crippen molar-refractivity contribution >= 4 is 5.91 Å². The van der Waals surface area contributed by atoms with Crippen molar-refractivity contribution in [1.82, 2.24) is 5.06 Å². The van der Waals surface area contributed by atoms with Gasteiger partial charge < -0.3 is 0 Å². The van der Waals surface area contributed by atoms with Crippen LogP contribution in [0.2, 0.25) is 0 Å². The van der Waals surface area contributed by atoms with Crippen molar-refractivity contribution in [3.63, 3.8) is 0 Å². The summed E-state index contributed by atoms with van der Waals surface area (Å²) in [5, 5.41) is 1.20. The number of hydroxylamine groups is 2. The summed E-state index contributed by atoms with van der Waals surface area (Å²) in [6.45, 7) is 11.9. The van der Waals surface area contributed by atoms with Crippen LogP contribution in [0.3, 0.4) is 0 Å². The first-order valence-electron chi connectivity index (χ1n) is 6.32. The van der Waals surface area contributed by atoms with E-state index in [0.29, 0.717) is 5.57 Å². The standard InChI is InChI=1S/C10H17NO2.2C2H6/c1-5-7-8-9(6-2)10(12)11(3)13-4;2*1-2/h6-8H,5H2,1-4H3;2*1-2H3/b8-7-,9-6+;;. The zero-order valence-electron chi connectivity index (χ0n) is 12.7. The van der Waals surface area contributed by atoms with Crippen molar-refractivity contribution in [2.45, 2.75) is 48.0 Å². The van der Waals surface area contributed by atoms with Gasteiger partial charge in [0.1, 0.15) is 0 Å². The Hall–Kier alpha value is -1.09. The van der Waals surface area contributed by atoms with Crippen molar-refractivity contribution in [2.75, 3.05) is 14.2 Å². The zero-order valence-corrected chi connectivity index (χ0v) is 12.7. The number of amides is 1. The van der Waals surface area contributed by atoms with Gasteiger partial charge in [0, 0.05) is 12.6 Å². The molecule has 0 bridgehead atoms. The fourth-order valence-electron chi connectivity index (χ4n) is 0.801. The maximum absolute atomic E-state index is 11.5. The molecule has 3 heteroatoms. The Balaban J connectivity index is -0.000000439. The minimum absolute atomic E-state index is 0.130. The minimum Gasteiger partial charge on any atom is -0.274 e. The second-order valence-electron chi connectivity index (χ2n) is 2.54. The third-order valence-corrected chi connectivity index (χ3v) is 1.65. The van der Waals surface area contributed by atoms with E-state index in [2.05, 4.69) is 0 Å². The predicted molar refractivity (Wildman–Crippen MR) is 75.7 cm³/mol. The van der Waals surface area contributed by atoms with Gasteiger partial charge in [-0.2, -0.15) is 0 Å². The van der Waals surface area contributed by atoms with E-state index >= 15 is 0 Å². The van der Waals surface area contributed by atoms with Gasteiger partial charge in [0.05, 0.1) is 7.11 Å². The van der Waals surface area contributed by atoms with E-state index in [1.807, 2.05) is 47.6 Å². The number of nitrogens with zero attached hydrogens (tertiary/aromatic N) is 1. The largest absolute Gasteiger partial charge is 0.276 e. The van der Waals surface area contributed by atoms with E-state index in [-0.39, 0.29) is 5.91 Å². The SMILES string of the molecule is C/C=C(\C=C/CC)C(=O)N(C)OC.CC.CC. The highest BCUT2D eigenvalue weighted by molar-refractivity contribution is 5.95. The lowest BCUT2D eigenvalue weighted by Gasteiger charge is -2.13. The summed E-state index contributed by atoms with van der Waals surface area (Å²) in [6, 6.07) is 0. The van der Waals surface area contributed by atoms with Crippen LogP contribution in [0.25, 0.3) is 0 Å². The number of carbonyl (C=O) groups is 1. The Morgan fingerprint density at radius 2 is 1.71 bits per heavy atom. The first-order chi connectivity index (χ1) is 8.17. The number of hydrogen-bond donors (Lipinski definition) is 0. The average molecular weight is 243 g/mol. The van der Waals surface area contributed by atoms with Gasteiger partial charge in [-0.25, -0.2) is 5.06 Å². The molecule has 0 aliphatic rings. The Labute approximate surface area is 107 Å². The second kappa shape index (κ2) is 17.3. The van der Waals surface area contributed by atoms with Crippen molar-refractivity contribution in [1.29, 1.82) is 0 Å². The van der Waals surface area contributed by atoms with E-state index in [9.17, 15) is 4.79 Å². The van der Waals surface area contributed by atoms with E-state index in [1.54, 1.807) is 19.2 Å². The highest BCUT2D eigenvalue weighted by atomic mass is 16.7. The molecule has 0 unspecified atom stereocenters. The van der Waals surface area contributed by atoms with Gasteiger partial charge in [-0.3, -0.25) is 9.63 Å². The van der Waals surface area contributed by atoms with E-state index in [1.165, 1.54) is 12.2 Å². The average Bonchev–Trinajstić information content (AvgIpc) is 2.42. The van der Waals surface area contributed by atoms with Crippen LogP contribution >= 0.6 is 0 Å². The first kappa shape index (κ1) is 21.2. The third-order valence-electron chi connectivity index (χ3n) is 1.65. The molecule has 0 saturated heterocycles. The lowest BCUT2D eigenvalue weighted by atomic mass is 10.2. The van der Waals surface area contributed by atoms with Crippen LogP contribution in [0, 0.1) is 0 Å². The number of carbonyl (C=O) groups excluding carboxylic acids is 1. The quantitative estimate of drug-likeness (QED) is 0.425. The number of rotatable bonds is 4. The van der Waals surface area contributed by atoms with Crippen molar-refractivity contribution in [3.8, 4) is 0 Å². The zero-order chi connectivity index (χ0) is 14.3. The van der Waals surface area contributed by atoms with Gasteiger partial charge in [-0.1, -0.05) is 52.8 Å². The summed E-state index contributed by atoms with van der Waals surface area (Å²) in [7, 11) is 3.06. The normalized spacial score (nSPS) is 10.0. The van der Waals surface area contributed by atoms with Crippen LogP contribution < -0.4 is 0 Å². The molecule has 0 spiro atoms. The molecule has 0 aliphatic carbocycles. The molecule has 0 fully saturated rings. The predicted octanol–water partition coefficient (Wildman–Crippen LogP) is 3.97. The van der Waals surface area contributed by atoms with Crippen molar-refractivity contribution in [2.24, 2.45) is 0 Å². The monoisotopic (exact) mass is 243 g/mol. The second-order valence-corrected chi connectivity index (χ2v) is 2.54. The molecular weight excluding hydrogens is 214 g/mol. The molecule has 0 atom stereocenters. The van der Waals surface area contributed by atoms with Crippen LogP contribution in [0.4, 0.5) is 0 Å². The smallest absolute Gasteiger partial charge is 0.274 e. The lowest BCUT2D eigenvalue weighted by molar-refractivity contribution is -0.163. The molecule has 0 heterocycles. The van der Waals surface area contributed by atoms with Crippen LogP contribution in [0.5, 0.6) is 0 Å². The van der Waals surface area contributed by atoms with Gasteiger partial charge in [-0.15, -0.1) is 0 Å². The number of allylic oxidation sites excluding steroid dienone is 2. The molecule has 0 rings (SSSR count). The molecule has 0 aliphatic heterocycles. The highest BCUT2D eigenvalue weighted by Gasteiger charge is 2.10. The fourth-order valence-corrected chi connectivity index (χ4v) is 0.801. The molecule has 102 valence electrons. The van der Waals surface area contributed by atoms with Crippen LogP contribution in [-0.4, -0.2) is 25.1 Å². The number of likely N-dealkylation sites (N-methyl/N-ethyl adjacent to an activating group) is 1. The van der Waals surface area contributed by atoms with Crippen molar-refractivity contribution < 1.29 is 9.63 Å². The first-order valence-corrected chi connectivity index (χ1v) is 6.32. The molecule has 0 aromatic carbocycles. The maximum Gasteiger partial charge on any atom is 0.276 e. The van der Waals surface area contributed by atoms with Gasteiger partial charge in [0.2, 0.25) is 0 Å². The summed E-state index contributed by atoms with van der Waals surface area (Å²) in [5.74, 6) is -0.130. The van der Waals surface area contributed by atoms with Gasteiger partial charge in [0.15, 0.2) is 0 Å². The van der Waals surface area contributed by atoms with Gasteiger partial charge in [-0.05, 0) is 13.3 Å². The summed E-state index contributed by atoms with van der Waals surface area (Å²) in [4.78, 5) is 16.3. The third kappa shape index (κ3) is 11.2. The summed E-state index contributed by atoms with van der Waals surface area (Å²) in [5.41, 5.74) is 0.645. The van der Waals surface area contributed by atoms with E-state index in [4.69, 9.17) is 4.84 Å². The summed E-state index contributed by atoms with van der Waals surface area (Å²) in [6.07, 6.45) is 6.43. The molecule has 3 nitrogen and oxygen atoms in total. The van der Waals surface area contributed by atoms with Gasteiger partial charge in [0.25, 0.3) is 5.91 Å². The topological polar surface area (TPSA) is 29.5 Å². The summed E-state index contributed by atoms with van der Waals surface area (Å²) >= 11 is 0. The molecule has 0 aromatic heterocycles. The molecule has 0 saturated carbocycles. The van der Waals surface area contributed by atoms with Crippen molar-refractivity contribution in [3.05, 3.63) is 23.8 Å². The Morgan fingerprint density at radius 1 is 1.24 bits per heavy atom.